The predicted octanol–water partition coefficient (Wildman–Crippen LogP) is 1.81. The van der Waals surface area contributed by atoms with Crippen LogP contribution in [0.5, 0.6) is 0 Å². The molecule has 1 N–H and O–H groups in total. The Balaban J connectivity index is 2.43. The molecule has 1 atom stereocenters. The van der Waals surface area contributed by atoms with E-state index in [1.54, 1.807) is 17.8 Å². The van der Waals surface area contributed by atoms with E-state index in [1.807, 2.05) is 6.92 Å². The van der Waals surface area contributed by atoms with E-state index in [0.29, 0.717) is 4.60 Å². The summed E-state index contributed by atoms with van der Waals surface area (Å²) in [5, 5.41) is 11.2. The Morgan fingerprint density at radius 3 is 2.78 bits per heavy atom. The zero-order valence-corrected chi connectivity index (χ0v) is 11.6. The van der Waals surface area contributed by atoms with Crippen molar-refractivity contribution in [1.82, 2.24) is 25.3 Å². The highest BCUT2D eigenvalue weighted by Crippen LogP contribution is 2.25. The molecule has 0 aliphatic rings. The molecule has 0 fully saturated rings. The molecule has 1 unspecified atom stereocenters. The first-order valence-corrected chi connectivity index (χ1v) is 6.32. The van der Waals surface area contributed by atoms with Gasteiger partial charge < -0.3 is 5.32 Å². The molecule has 18 heavy (non-hydrogen) atoms. The van der Waals surface area contributed by atoms with E-state index in [0.717, 1.165) is 17.9 Å². The average Bonchev–Trinajstić information content (AvgIpc) is 2.68. The molecule has 0 saturated carbocycles. The second kappa shape index (κ2) is 5.53. The molecule has 2 aromatic rings. The zero-order chi connectivity index (χ0) is 13.1. The number of aryl methyl sites for hydroxylation is 1. The molecular weight excluding hydrogens is 301 g/mol. The maximum absolute atomic E-state index is 12.9. The van der Waals surface area contributed by atoms with Gasteiger partial charge in [0, 0.05) is 7.05 Å². The smallest absolute Gasteiger partial charge is 0.153 e. The quantitative estimate of drug-likeness (QED) is 0.935. The Kier molecular flexibility index (Phi) is 4.03. The molecule has 2 heterocycles. The van der Waals surface area contributed by atoms with Gasteiger partial charge >= 0.3 is 0 Å². The number of nitrogens with zero attached hydrogens (tertiary/aromatic N) is 4. The van der Waals surface area contributed by atoms with Crippen molar-refractivity contribution in [3.63, 3.8) is 0 Å². The lowest BCUT2D eigenvalue weighted by molar-refractivity contribution is 0.551. The zero-order valence-electron chi connectivity index (χ0n) is 10.1. The fraction of sp³-hybridized carbons (Fsp3) is 0.364. The fourth-order valence-electron chi connectivity index (χ4n) is 1.75. The lowest BCUT2D eigenvalue weighted by Crippen LogP contribution is -2.25. The van der Waals surface area contributed by atoms with Crippen molar-refractivity contribution >= 4 is 15.9 Å². The Morgan fingerprint density at radius 1 is 1.50 bits per heavy atom. The van der Waals surface area contributed by atoms with Crippen molar-refractivity contribution in [2.45, 2.75) is 13.0 Å². The molecule has 5 nitrogen and oxygen atoms in total. The van der Waals surface area contributed by atoms with Crippen LogP contribution in [0.1, 0.15) is 24.4 Å². The van der Waals surface area contributed by atoms with Gasteiger partial charge in [0.15, 0.2) is 4.60 Å². The second-order valence-corrected chi connectivity index (χ2v) is 4.53. The van der Waals surface area contributed by atoms with Crippen LogP contribution in [0.2, 0.25) is 0 Å². The van der Waals surface area contributed by atoms with Crippen molar-refractivity contribution in [3.8, 4) is 0 Å². The first-order chi connectivity index (χ1) is 8.63. The van der Waals surface area contributed by atoms with Gasteiger partial charge in [0.05, 0.1) is 23.6 Å². The van der Waals surface area contributed by atoms with E-state index in [1.165, 1.54) is 12.3 Å². The molecule has 7 heteroatoms. The minimum absolute atomic E-state index is 0.176. The van der Waals surface area contributed by atoms with Crippen LogP contribution in [-0.4, -0.2) is 26.5 Å². The van der Waals surface area contributed by atoms with Crippen molar-refractivity contribution in [1.29, 1.82) is 0 Å². The second-order valence-electron chi connectivity index (χ2n) is 3.78. The van der Waals surface area contributed by atoms with E-state index in [9.17, 15) is 4.39 Å². The summed E-state index contributed by atoms with van der Waals surface area (Å²) < 4.78 is 15.2. The highest BCUT2D eigenvalue weighted by atomic mass is 79.9. The van der Waals surface area contributed by atoms with Crippen LogP contribution in [0.15, 0.2) is 22.9 Å². The molecule has 0 radical (unpaired) electrons. The summed E-state index contributed by atoms with van der Waals surface area (Å²) in [5.74, 6) is -0.351. The Morgan fingerprint density at radius 2 is 2.28 bits per heavy atom. The van der Waals surface area contributed by atoms with E-state index in [4.69, 9.17) is 0 Å². The maximum atomic E-state index is 12.9. The van der Waals surface area contributed by atoms with Gasteiger partial charge in [-0.25, -0.2) is 9.07 Å². The molecule has 96 valence electrons. The third kappa shape index (κ3) is 2.56. The minimum Gasteiger partial charge on any atom is -0.304 e. The first-order valence-electron chi connectivity index (χ1n) is 5.53. The monoisotopic (exact) mass is 313 g/mol. The molecule has 2 aromatic heterocycles. The number of nitrogens with one attached hydrogen (secondary N) is 1. The SMILES string of the molecule is CCNC(c1ccc(F)cn1)c1c(Br)nnn1C. The molecule has 0 amide bonds. The number of rotatable bonds is 4. The summed E-state index contributed by atoms with van der Waals surface area (Å²) in [6.07, 6.45) is 1.21. The van der Waals surface area contributed by atoms with Gasteiger partial charge in [-0.05, 0) is 34.6 Å². The molecule has 0 spiro atoms. The van der Waals surface area contributed by atoms with Gasteiger partial charge in [-0.2, -0.15) is 0 Å². The van der Waals surface area contributed by atoms with Crippen molar-refractivity contribution in [2.24, 2.45) is 7.05 Å². The van der Waals surface area contributed by atoms with E-state index >= 15 is 0 Å². The third-order valence-corrected chi connectivity index (χ3v) is 3.12. The number of hydrogen-bond acceptors (Lipinski definition) is 4. The number of hydrogen-bond donors (Lipinski definition) is 1. The van der Waals surface area contributed by atoms with Crippen molar-refractivity contribution in [3.05, 3.63) is 40.1 Å². The lowest BCUT2D eigenvalue weighted by Gasteiger charge is -2.17. The van der Waals surface area contributed by atoms with Crippen molar-refractivity contribution in [2.75, 3.05) is 6.54 Å². The average molecular weight is 314 g/mol. The van der Waals surface area contributed by atoms with Gasteiger partial charge in [-0.15, -0.1) is 5.10 Å². The molecule has 0 aromatic carbocycles. The molecule has 0 aliphatic carbocycles. The summed E-state index contributed by atoms with van der Waals surface area (Å²) in [5.41, 5.74) is 1.58. The standard InChI is InChI=1S/C11H13BrFN5/c1-3-14-9(8-5-4-7(13)6-15-8)10-11(12)16-17-18(10)2/h4-6,9,14H,3H2,1-2H3. The highest BCUT2D eigenvalue weighted by Gasteiger charge is 2.22. The van der Waals surface area contributed by atoms with E-state index < -0.39 is 0 Å². The topological polar surface area (TPSA) is 55.6 Å². The summed E-state index contributed by atoms with van der Waals surface area (Å²) in [4.78, 5) is 4.11. The fourth-order valence-corrected chi connectivity index (χ4v) is 2.31. The maximum Gasteiger partial charge on any atom is 0.153 e. The summed E-state index contributed by atoms with van der Waals surface area (Å²) in [6, 6.07) is 2.87. The highest BCUT2D eigenvalue weighted by molar-refractivity contribution is 9.10. The van der Waals surface area contributed by atoms with Gasteiger partial charge in [0.1, 0.15) is 5.82 Å². The Hall–Kier alpha value is -1.34. The predicted molar refractivity (Wildman–Crippen MR) is 68.4 cm³/mol. The van der Waals surface area contributed by atoms with Gasteiger partial charge in [-0.3, -0.25) is 4.98 Å². The number of aromatic nitrogens is 4. The largest absolute Gasteiger partial charge is 0.304 e. The van der Waals surface area contributed by atoms with Gasteiger partial charge in [0.25, 0.3) is 0 Å². The van der Waals surface area contributed by atoms with Crippen LogP contribution in [0, 0.1) is 5.82 Å². The molecule has 0 saturated heterocycles. The Bertz CT molecular complexity index is 505. The summed E-state index contributed by atoms with van der Waals surface area (Å²) in [7, 11) is 1.81. The van der Waals surface area contributed by atoms with E-state index in [2.05, 4.69) is 36.5 Å². The normalized spacial score (nSPS) is 12.7. The van der Waals surface area contributed by atoms with Crippen LogP contribution < -0.4 is 5.32 Å². The van der Waals surface area contributed by atoms with Gasteiger partial charge in [0.2, 0.25) is 0 Å². The molecular formula is C11H13BrFN5. The Labute approximate surface area is 113 Å². The van der Waals surface area contributed by atoms with Crippen LogP contribution in [0.3, 0.4) is 0 Å². The molecule has 0 aliphatic heterocycles. The third-order valence-electron chi connectivity index (χ3n) is 2.55. The number of halogens is 2. The van der Waals surface area contributed by atoms with Crippen LogP contribution in [0.25, 0.3) is 0 Å². The van der Waals surface area contributed by atoms with Crippen LogP contribution in [0.4, 0.5) is 4.39 Å². The van der Waals surface area contributed by atoms with Crippen molar-refractivity contribution < 1.29 is 4.39 Å². The van der Waals surface area contributed by atoms with Crippen LogP contribution >= 0.6 is 15.9 Å². The lowest BCUT2D eigenvalue weighted by atomic mass is 10.1. The van der Waals surface area contributed by atoms with Crippen LogP contribution in [-0.2, 0) is 7.05 Å². The minimum atomic E-state index is -0.351. The first kappa shape index (κ1) is 13.1. The summed E-state index contributed by atoms with van der Waals surface area (Å²) in [6.45, 7) is 2.75. The van der Waals surface area contributed by atoms with Gasteiger partial charge in [-0.1, -0.05) is 12.1 Å². The summed E-state index contributed by atoms with van der Waals surface area (Å²) >= 11 is 3.36. The number of pyridine rings is 1. The molecule has 2 rings (SSSR count). The molecule has 0 bridgehead atoms. The van der Waals surface area contributed by atoms with E-state index in [-0.39, 0.29) is 11.9 Å².